The lowest BCUT2D eigenvalue weighted by atomic mass is 10.1. The van der Waals surface area contributed by atoms with Crippen LogP contribution in [-0.4, -0.2) is 60.7 Å². The Morgan fingerprint density at radius 3 is 2.78 bits per heavy atom. The van der Waals surface area contributed by atoms with E-state index in [4.69, 9.17) is 4.74 Å². The zero-order valence-corrected chi connectivity index (χ0v) is 14.6. The van der Waals surface area contributed by atoms with E-state index in [1.54, 1.807) is 12.1 Å². The molecule has 0 aromatic heterocycles. The molecule has 1 fully saturated rings. The Bertz CT molecular complexity index is 545. The summed E-state index contributed by atoms with van der Waals surface area (Å²) in [7, 11) is 3.59. The Labute approximate surface area is 138 Å². The number of methoxy groups -OCH3 is 1. The molecule has 0 saturated carbocycles. The third kappa shape index (κ3) is 4.69. The molecule has 1 aliphatic rings. The van der Waals surface area contributed by atoms with Crippen molar-refractivity contribution in [3.05, 3.63) is 29.3 Å². The van der Waals surface area contributed by atoms with Gasteiger partial charge in [0.25, 0.3) is 0 Å². The number of likely N-dealkylation sites (tertiary alicyclic amines) is 1. The number of ether oxygens (including phenoxy) is 1. The van der Waals surface area contributed by atoms with Crippen LogP contribution in [-0.2, 0) is 6.54 Å². The van der Waals surface area contributed by atoms with Crippen LogP contribution in [0, 0.1) is 5.92 Å². The van der Waals surface area contributed by atoms with Crippen molar-refractivity contribution in [3.63, 3.8) is 0 Å². The number of hydrogen-bond donors (Lipinski definition) is 1. The van der Waals surface area contributed by atoms with Gasteiger partial charge in [0, 0.05) is 25.7 Å². The van der Waals surface area contributed by atoms with E-state index in [0.717, 1.165) is 25.2 Å². The van der Waals surface area contributed by atoms with E-state index >= 15 is 0 Å². The fourth-order valence-electron chi connectivity index (χ4n) is 3.32. The summed E-state index contributed by atoms with van der Waals surface area (Å²) in [6.07, 6.45) is 1.24. The van der Waals surface area contributed by atoms with Gasteiger partial charge in [-0.05, 0) is 57.5 Å². The molecule has 128 valence electrons. The van der Waals surface area contributed by atoms with Gasteiger partial charge in [0.15, 0.2) is 0 Å². The smallest absolute Gasteiger partial charge is 0.339 e. The maximum atomic E-state index is 11.3. The maximum Gasteiger partial charge on any atom is 0.339 e. The van der Waals surface area contributed by atoms with Gasteiger partial charge in [-0.25, -0.2) is 4.79 Å². The highest BCUT2D eigenvalue weighted by molar-refractivity contribution is 5.91. The van der Waals surface area contributed by atoms with Crippen LogP contribution >= 0.6 is 0 Å². The molecule has 1 heterocycles. The van der Waals surface area contributed by atoms with Crippen LogP contribution in [0.5, 0.6) is 5.75 Å². The minimum atomic E-state index is -0.949. The lowest BCUT2D eigenvalue weighted by molar-refractivity contribution is 0.0693. The standard InChI is InChI=1S/C18H28N2O3/c1-13(2)20-8-7-15(12-20)11-19(3)10-14-5-6-17(23-4)16(9-14)18(21)22/h5-6,9,13,15H,7-8,10-12H2,1-4H3,(H,21,22)/t15-/m1/s1. The molecular formula is C18H28N2O3. The quantitative estimate of drug-likeness (QED) is 0.837. The van der Waals surface area contributed by atoms with E-state index in [1.165, 1.54) is 20.1 Å². The number of carbonyl (C=O) groups is 1. The highest BCUT2D eigenvalue weighted by Crippen LogP contribution is 2.22. The summed E-state index contributed by atoms with van der Waals surface area (Å²) >= 11 is 0. The first kappa shape index (κ1) is 17.8. The molecule has 0 amide bonds. The van der Waals surface area contributed by atoms with Crippen LogP contribution in [0.3, 0.4) is 0 Å². The molecule has 5 nitrogen and oxygen atoms in total. The van der Waals surface area contributed by atoms with E-state index in [1.807, 2.05) is 6.07 Å². The Kier molecular flexibility index (Phi) is 6.02. The first-order valence-electron chi connectivity index (χ1n) is 8.23. The molecule has 0 aliphatic carbocycles. The molecule has 0 spiro atoms. The highest BCUT2D eigenvalue weighted by atomic mass is 16.5. The third-order valence-electron chi connectivity index (χ3n) is 4.56. The Balaban J connectivity index is 1.94. The number of carboxylic acids is 1. The molecule has 1 aliphatic heterocycles. The van der Waals surface area contributed by atoms with E-state index in [9.17, 15) is 9.90 Å². The SMILES string of the molecule is COc1ccc(CN(C)C[C@H]2CCN(C(C)C)C2)cc1C(=O)O. The van der Waals surface area contributed by atoms with Gasteiger partial charge in [-0.2, -0.15) is 0 Å². The molecular weight excluding hydrogens is 292 g/mol. The fraction of sp³-hybridized carbons (Fsp3) is 0.611. The zero-order chi connectivity index (χ0) is 17.0. The predicted molar refractivity (Wildman–Crippen MR) is 91.1 cm³/mol. The largest absolute Gasteiger partial charge is 0.496 e. The van der Waals surface area contributed by atoms with Crippen molar-refractivity contribution in [2.24, 2.45) is 5.92 Å². The molecule has 0 bridgehead atoms. The fourth-order valence-corrected chi connectivity index (χ4v) is 3.32. The van der Waals surface area contributed by atoms with Crippen LogP contribution in [0.25, 0.3) is 0 Å². The normalized spacial score (nSPS) is 18.8. The summed E-state index contributed by atoms with van der Waals surface area (Å²) in [5.74, 6) is 0.154. The molecule has 1 atom stereocenters. The van der Waals surface area contributed by atoms with Gasteiger partial charge in [-0.15, -0.1) is 0 Å². The molecule has 2 rings (SSSR count). The zero-order valence-electron chi connectivity index (χ0n) is 14.6. The number of hydrogen-bond acceptors (Lipinski definition) is 4. The van der Waals surface area contributed by atoms with E-state index in [0.29, 0.717) is 17.7 Å². The average Bonchev–Trinajstić information content (AvgIpc) is 2.95. The molecule has 1 N–H and O–H groups in total. The average molecular weight is 320 g/mol. The number of aromatic carboxylic acids is 1. The molecule has 1 aromatic rings. The summed E-state index contributed by atoms with van der Waals surface area (Å²) in [5.41, 5.74) is 1.23. The van der Waals surface area contributed by atoms with Crippen LogP contribution in [0.1, 0.15) is 36.2 Å². The van der Waals surface area contributed by atoms with Gasteiger partial charge in [-0.3, -0.25) is 0 Å². The van der Waals surface area contributed by atoms with E-state index < -0.39 is 5.97 Å². The van der Waals surface area contributed by atoms with Gasteiger partial charge in [0.1, 0.15) is 11.3 Å². The van der Waals surface area contributed by atoms with Gasteiger partial charge in [-0.1, -0.05) is 6.07 Å². The van der Waals surface area contributed by atoms with Gasteiger partial charge in [0.2, 0.25) is 0 Å². The summed E-state index contributed by atoms with van der Waals surface area (Å²) < 4.78 is 5.11. The Hall–Kier alpha value is -1.59. The van der Waals surface area contributed by atoms with Crippen LogP contribution in [0.4, 0.5) is 0 Å². The van der Waals surface area contributed by atoms with E-state index in [2.05, 4.69) is 30.7 Å². The van der Waals surface area contributed by atoms with Gasteiger partial charge in [0.05, 0.1) is 7.11 Å². The minimum absolute atomic E-state index is 0.227. The van der Waals surface area contributed by atoms with Crippen LogP contribution in [0.2, 0.25) is 0 Å². The van der Waals surface area contributed by atoms with Crippen molar-refractivity contribution in [2.75, 3.05) is 33.8 Å². The van der Waals surface area contributed by atoms with Crippen molar-refractivity contribution in [3.8, 4) is 5.75 Å². The molecule has 0 unspecified atom stereocenters. The summed E-state index contributed by atoms with van der Waals surface area (Å²) in [5, 5.41) is 9.27. The maximum absolute atomic E-state index is 11.3. The molecule has 23 heavy (non-hydrogen) atoms. The van der Waals surface area contributed by atoms with Crippen LogP contribution < -0.4 is 4.74 Å². The number of rotatable bonds is 7. The molecule has 1 aromatic carbocycles. The second-order valence-electron chi connectivity index (χ2n) is 6.78. The van der Waals surface area contributed by atoms with Crippen molar-refractivity contribution in [2.45, 2.75) is 32.9 Å². The molecule has 0 radical (unpaired) electrons. The number of nitrogens with zero attached hydrogens (tertiary/aromatic N) is 2. The summed E-state index contributed by atoms with van der Waals surface area (Å²) in [6.45, 7) is 8.63. The second kappa shape index (κ2) is 7.79. The first-order valence-corrected chi connectivity index (χ1v) is 8.23. The topological polar surface area (TPSA) is 53.0 Å². The predicted octanol–water partition coefficient (Wildman–Crippen LogP) is 2.56. The Morgan fingerprint density at radius 2 is 2.22 bits per heavy atom. The summed E-state index contributed by atoms with van der Waals surface area (Å²) in [4.78, 5) is 16.1. The number of carboxylic acid groups (broad SMARTS) is 1. The minimum Gasteiger partial charge on any atom is -0.496 e. The van der Waals surface area contributed by atoms with Crippen molar-refractivity contribution >= 4 is 5.97 Å². The lowest BCUT2D eigenvalue weighted by Crippen LogP contribution is -2.31. The molecule has 5 heteroatoms. The van der Waals surface area contributed by atoms with Crippen LogP contribution in [0.15, 0.2) is 18.2 Å². The lowest BCUT2D eigenvalue weighted by Gasteiger charge is -2.23. The first-order chi connectivity index (χ1) is 10.9. The molecule has 1 saturated heterocycles. The Morgan fingerprint density at radius 1 is 1.48 bits per heavy atom. The van der Waals surface area contributed by atoms with Crippen molar-refractivity contribution in [1.82, 2.24) is 9.80 Å². The van der Waals surface area contributed by atoms with E-state index in [-0.39, 0.29) is 5.56 Å². The monoisotopic (exact) mass is 320 g/mol. The van der Waals surface area contributed by atoms with Crippen molar-refractivity contribution < 1.29 is 14.6 Å². The van der Waals surface area contributed by atoms with Gasteiger partial charge >= 0.3 is 5.97 Å². The third-order valence-corrected chi connectivity index (χ3v) is 4.56. The van der Waals surface area contributed by atoms with Crippen molar-refractivity contribution in [1.29, 1.82) is 0 Å². The van der Waals surface area contributed by atoms with Gasteiger partial charge < -0.3 is 19.6 Å². The summed E-state index contributed by atoms with van der Waals surface area (Å²) in [6, 6.07) is 6.01. The number of benzene rings is 1. The second-order valence-corrected chi connectivity index (χ2v) is 6.78. The highest BCUT2D eigenvalue weighted by Gasteiger charge is 2.25.